The van der Waals surface area contributed by atoms with Gasteiger partial charge in [-0.2, -0.15) is 0 Å². The lowest BCUT2D eigenvalue weighted by molar-refractivity contribution is 0.672. The Morgan fingerprint density at radius 2 is 0.431 bits per heavy atom. The fourth-order valence-corrected chi connectivity index (χ4v) is 18.4. The van der Waals surface area contributed by atoms with E-state index in [1.165, 1.54) is 131 Å². The zero-order valence-corrected chi connectivity index (χ0v) is 63.1. The molecule has 0 amide bonds. The highest BCUT2D eigenvalue weighted by molar-refractivity contribution is 6.20. The summed E-state index contributed by atoms with van der Waals surface area (Å²) in [4.78, 5) is 4.75. The molecule has 2 heterocycles. The zero-order chi connectivity index (χ0) is 76.3. The average Bonchev–Trinajstić information content (AvgIpc) is 1.38. The van der Waals surface area contributed by atoms with Crippen molar-refractivity contribution in [1.82, 2.24) is 0 Å². The highest BCUT2D eigenvalue weighted by atomic mass is 16.3. The van der Waals surface area contributed by atoms with E-state index in [4.69, 9.17) is 8.83 Å². The number of furan rings is 2. The summed E-state index contributed by atoms with van der Waals surface area (Å²) in [6.45, 7) is 0. The first-order valence-electron chi connectivity index (χ1n) is 39.8. The summed E-state index contributed by atoms with van der Waals surface area (Å²) in [5.41, 5.74) is 19.8. The SMILES string of the molecule is c1cc(-c2cc3ccccc3c3ccccc23)cc(N(c2ccc(-c3ccc4c(ccc5ccccc54)c3)cc2)c2ccc3c(ccc4c5ccccc5oc34)c2)c1.c1ccc2c(c1)cc(-c1ccc(N(c3ccc(-c4cc5ccccc5c5ccccc45)cc3)c3ccc4c(ccc5c6ccccc6oc45)c3)cc1)c1ccccc12. The van der Waals surface area contributed by atoms with Crippen LogP contribution in [-0.2, 0) is 0 Å². The lowest BCUT2D eigenvalue weighted by atomic mass is 9.93. The van der Waals surface area contributed by atoms with E-state index in [0.29, 0.717) is 0 Å². The third-order valence-electron chi connectivity index (χ3n) is 24.0. The first-order chi connectivity index (χ1) is 57.5. The van der Waals surface area contributed by atoms with Crippen LogP contribution in [0.15, 0.2) is 433 Å². The van der Waals surface area contributed by atoms with Gasteiger partial charge >= 0.3 is 0 Å². The van der Waals surface area contributed by atoms with Gasteiger partial charge in [0.05, 0.1) is 0 Å². The van der Waals surface area contributed by atoms with Crippen LogP contribution in [0.5, 0.6) is 0 Å². The summed E-state index contributed by atoms with van der Waals surface area (Å²) in [5.74, 6) is 0. The molecule has 0 bridgehead atoms. The molecule has 22 aromatic carbocycles. The van der Waals surface area contributed by atoms with E-state index in [9.17, 15) is 0 Å². The van der Waals surface area contributed by atoms with Gasteiger partial charge in [0.2, 0.25) is 0 Å². The highest BCUT2D eigenvalue weighted by Gasteiger charge is 2.22. The van der Waals surface area contributed by atoms with Gasteiger partial charge in [0.15, 0.2) is 0 Å². The van der Waals surface area contributed by atoms with E-state index in [-0.39, 0.29) is 0 Å². The second-order valence-corrected chi connectivity index (χ2v) is 30.5. The van der Waals surface area contributed by atoms with Gasteiger partial charge in [-0.05, 0) is 275 Å². The Labute approximate surface area is 669 Å². The molecule has 0 atom stereocenters. The minimum atomic E-state index is 0.911. The van der Waals surface area contributed by atoms with Gasteiger partial charge in [-0.3, -0.25) is 0 Å². The molecule has 4 nitrogen and oxygen atoms in total. The summed E-state index contributed by atoms with van der Waals surface area (Å²) < 4.78 is 12.9. The van der Waals surface area contributed by atoms with E-state index in [2.05, 4.69) is 410 Å². The van der Waals surface area contributed by atoms with Crippen LogP contribution in [0, 0.1) is 0 Å². The third-order valence-corrected chi connectivity index (χ3v) is 24.0. The fourth-order valence-electron chi connectivity index (χ4n) is 18.4. The molecule has 0 saturated heterocycles. The monoisotopic (exact) mass is 1470 g/mol. The largest absolute Gasteiger partial charge is 0.455 e. The maximum atomic E-state index is 6.46. The maximum absolute atomic E-state index is 6.46. The van der Waals surface area contributed by atoms with Crippen LogP contribution in [0.4, 0.5) is 34.1 Å². The van der Waals surface area contributed by atoms with Crippen molar-refractivity contribution in [2.24, 2.45) is 0 Å². The van der Waals surface area contributed by atoms with E-state index in [1.54, 1.807) is 0 Å². The molecule has 2 aromatic heterocycles. The van der Waals surface area contributed by atoms with E-state index in [0.717, 1.165) is 99.5 Å². The number of nitrogens with zero attached hydrogens (tertiary/aromatic N) is 2. The van der Waals surface area contributed by atoms with E-state index >= 15 is 0 Å². The summed E-state index contributed by atoms with van der Waals surface area (Å²) >= 11 is 0. The van der Waals surface area contributed by atoms with Crippen molar-refractivity contribution in [2.75, 3.05) is 9.80 Å². The average molecular weight is 1480 g/mol. The quantitative estimate of drug-likeness (QED) is 0.128. The molecule has 24 aromatic rings. The standard InChI is InChI=1S/2C56H35NO/c1-3-13-44-38(11-1)34-53(49-17-7-5-15-47(44)49)36-21-26-41(27-22-36)57(43-30-32-46-40(33-43)25-31-52-51-19-9-10-20-55(51)58-56(46)52)42-28-23-37(24-29-42)54-35-39-12-2-4-14-45(39)48-16-6-8-18-50(48)54;1-3-14-46-37(10-1)20-21-41-32-38(24-29-48(41)46)36-22-26-43(27-23-36)57(45-28-31-49-42(34-45)25-30-53-52-18-7-8-19-55(52)58-56(49)53)44-13-9-12-39(33-44)54-35-40-11-2-4-15-47(40)50-16-5-6-17-51(50)54/h2*1-35H. The molecule has 0 aliphatic rings. The Morgan fingerprint density at radius 3 is 0.897 bits per heavy atom. The minimum absolute atomic E-state index is 0.911. The van der Waals surface area contributed by atoms with Crippen molar-refractivity contribution in [3.63, 3.8) is 0 Å². The number of anilines is 6. The minimum Gasteiger partial charge on any atom is -0.455 e. The molecule has 0 saturated carbocycles. The first-order valence-corrected chi connectivity index (χ1v) is 39.8. The summed E-state index contributed by atoms with van der Waals surface area (Å²) in [6.07, 6.45) is 0. The van der Waals surface area contributed by atoms with E-state index in [1.807, 2.05) is 24.3 Å². The van der Waals surface area contributed by atoms with Crippen molar-refractivity contribution in [3.05, 3.63) is 425 Å². The van der Waals surface area contributed by atoms with Crippen LogP contribution in [0.3, 0.4) is 0 Å². The molecule has 540 valence electrons. The molecule has 0 fully saturated rings. The lowest BCUT2D eigenvalue weighted by Gasteiger charge is -2.27. The van der Waals surface area contributed by atoms with Crippen molar-refractivity contribution < 1.29 is 8.83 Å². The molecule has 4 heteroatoms. The molecular weight excluding hydrogens is 1410 g/mol. The van der Waals surface area contributed by atoms with Gasteiger partial charge in [0.25, 0.3) is 0 Å². The molecule has 24 rings (SSSR count). The number of benzene rings is 22. The maximum Gasteiger partial charge on any atom is 0.143 e. The van der Waals surface area contributed by atoms with Crippen LogP contribution in [0.25, 0.3) is 196 Å². The second-order valence-electron chi connectivity index (χ2n) is 30.5. The van der Waals surface area contributed by atoms with Crippen LogP contribution in [0.2, 0.25) is 0 Å². The molecule has 0 spiro atoms. The first kappa shape index (κ1) is 66.4. The summed E-state index contributed by atoms with van der Waals surface area (Å²) in [5, 5.41) is 29.2. The van der Waals surface area contributed by atoms with Crippen molar-refractivity contribution in [2.45, 2.75) is 0 Å². The Balaban J connectivity index is 0.000000137. The van der Waals surface area contributed by atoms with E-state index < -0.39 is 0 Å². The molecule has 0 aliphatic carbocycles. The predicted octanol–water partition coefficient (Wildman–Crippen LogP) is 32.3. The lowest BCUT2D eigenvalue weighted by Crippen LogP contribution is -2.10. The van der Waals surface area contributed by atoms with Crippen LogP contribution >= 0.6 is 0 Å². The van der Waals surface area contributed by atoms with Gasteiger partial charge in [-0.25, -0.2) is 0 Å². The van der Waals surface area contributed by atoms with Crippen molar-refractivity contribution in [1.29, 1.82) is 0 Å². The second kappa shape index (κ2) is 27.2. The third kappa shape index (κ3) is 11.2. The summed E-state index contributed by atoms with van der Waals surface area (Å²) in [6, 6.07) is 154. The van der Waals surface area contributed by atoms with Crippen LogP contribution in [-0.4, -0.2) is 0 Å². The normalized spacial score (nSPS) is 11.8. The van der Waals surface area contributed by atoms with Gasteiger partial charge in [0, 0.05) is 66.4 Å². The number of fused-ring (bicyclic) bond motifs is 22. The van der Waals surface area contributed by atoms with Crippen molar-refractivity contribution >= 4 is 186 Å². The van der Waals surface area contributed by atoms with Gasteiger partial charge in [0.1, 0.15) is 22.3 Å². The highest BCUT2D eigenvalue weighted by Crippen LogP contribution is 2.47. The van der Waals surface area contributed by atoms with Gasteiger partial charge in [-0.1, -0.05) is 291 Å². The number of rotatable bonds is 10. The smallest absolute Gasteiger partial charge is 0.143 e. The Bertz CT molecular complexity index is 7930. The number of hydrogen-bond acceptors (Lipinski definition) is 4. The summed E-state index contributed by atoms with van der Waals surface area (Å²) in [7, 11) is 0. The van der Waals surface area contributed by atoms with Crippen LogP contribution < -0.4 is 9.80 Å². The fraction of sp³-hybridized carbons (Fsp3) is 0. The molecule has 0 N–H and O–H groups in total. The predicted molar refractivity (Wildman–Crippen MR) is 494 cm³/mol. The van der Waals surface area contributed by atoms with Crippen molar-refractivity contribution in [3.8, 4) is 44.5 Å². The Morgan fingerprint density at radius 1 is 0.138 bits per heavy atom. The molecular formula is C112H70N2O2. The molecule has 0 aliphatic heterocycles. The van der Waals surface area contributed by atoms with Crippen LogP contribution in [0.1, 0.15) is 0 Å². The molecule has 0 unspecified atom stereocenters. The van der Waals surface area contributed by atoms with Gasteiger partial charge < -0.3 is 18.6 Å². The molecule has 116 heavy (non-hydrogen) atoms. The van der Waals surface area contributed by atoms with Gasteiger partial charge in [-0.15, -0.1) is 0 Å². The Kier molecular flexibility index (Phi) is 15.6. The number of para-hydroxylation sites is 2. The number of hydrogen-bond donors (Lipinski definition) is 0. The topological polar surface area (TPSA) is 32.8 Å². The molecule has 0 radical (unpaired) electrons. The Hall–Kier alpha value is -15.4. The zero-order valence-electron chi connectivity index (χ0n) is 63.1.